The van der Waals surface area contributed by atoms with Gasteiger partial charge in [-0.15, -0.1) is 0 Å². The first-order chi connectivity index (χ1) is 10.3. The van der Waals surface area contributed by atoms with Crippen molar-refractivity contribution in [2.75, 3.05) is 6.54 Å². The maximum atomic E-state index is 12.0. The summed E-state index contributed by atoms with van der Waals surface area (Å²) in [5.74, 6) is -2.70. The Labute approximate surface area is 127 Å². The lowest BCUT2D eigenvalue weighted by molar-refractivity contribution is -0.132. The minimum absolute atomic E-state index is 0.0185. The average Bonchev–Trinajstić information content (AvgIpc) is 2.41. The molecular weight excluding hydrogens is 294 g/mol. The fourth-order valence-electron chi connectivity index (χ4n) is 1.56. The quantitative estimate of drug-likeness (QED) is 0.247. The molecule has 0 aliphatic heterocycles. The number of rotatable bonds is 11. The van der Waals surface area contributed by atoms with Crippen LogP contribution in [0.15, 0.2) is 0 Å². The van der Waals surface area contributed by atoms with Gasteiger partial charge in [0.2, 0.25) is 23.6 Å². The minimum Gasteiger partial charge on any atom is -0.370 e. The highest BCUT2D eigenvalue weighted by Crippen LogP contribution is 1.98. The second-order valence-corrected chi connectivity index (χ2v) is 4.59. The number of hydrogen-bond donors (Lipinski definition) is 5. The number of nitrogens with two attached hydrogens (primary N) is 3. The molecule has 22 heavy (non-hydrogen) atoms. The van der Waals surface area contributed by atoms with Crippen LogP contribution in [0.4, 0.5) is 0 Å². The molecule has 4 amide bonds. The van der Waals surface area contributed by atoms with Crippen LogP contribution >= 0.6 is 0 Å². The van der Waals surface area contributed by atoms with Crippen molar-refractivity contribution in [2.45, 2.75) is 37.8 Å². The third-order valence-electron chi connectivity index (χ3n) is 2.62. The SMILES string of the molecule is NCCC(=O)NC(CC(N)=O)C(=O)N[C@H](C=O)CCC(N)=O. The summed E-state index contributed by atoms with van der Waals surface area (Å²) in [5.41, 5.74) is 15.2. The van der Waals surface area contributed by atoms with E-state index in [9.17, 15) is 24.0 Å². The Hall–Kier alpha value is -2.49. The molecule has 1 unspecified atom stereocenters. The van der Waals surface area contributed by atoms with Gasteiger partial charge >= 0.3 is 0 Å². The lowest BCUT2D eigenvalue weighted by atomic mass is 10.1. The van der Waals surface area contributed by atoms with E-state index in [-0.39, 0.29) is 25.8 Å². The molecule has 0 aromatic carbocycles. The summed E-state index contributed by atoms with van der Waals surface area (Å²) in [5, 5.41) is 4.61. The van der Waals surface area contributed by atoms with Gasteiger partial charge in [-0.1, -0.05) is 0 Å². The second-order valence-electron chi connectivity index (χ2n) is 4.59. The van der Waals surface area contributed by atoms with Crippen molar-refractivity contribution in [3.63, 3.8) is 0 Å². The van der Waals surface area contributed by atoms with Crippen LogP contribution in [0.1, 0.15) is 25.7 Å². The molecule has 0 bridgehead atoms. The predicted molar refractivity (Wildman–Crippen MR) is 75.8 cm³/mol. The molecule has 0 aromatic rings. The summed E-state index contributed by atoms with van der Waals surface area (Å²) in [6.07, 6.45) is -0.0942. The number of aldehydes is 1. The number of carbonyl (C=O) groups is 5. The summed E-state index contributed by atoms with van der Waals surface area (Å²) in [4.78, 5) is 55.9. The monoisotopic (exact) mass is 315 g/mol. The number of carbonyl (C=O) groups excluding carboxylic acids is 5. The molecule has 0 aliphatic rings. The number of nitrogens with one attached hydrogen (secondary N) is 2. The van der Waals surface area contributed by atoms with E-state index in [0.717, 1.165) is 0 Å². The highest BCUT2D eigenvalue weighted by Gasteiger charge is 2.24. The smallest absolute Gasteiger partial charge is 0.243 e. The Morgan fingerprint density at radius 1 is 1.00 bits per heavy atom. The molecule has 0 saturated heterocycles. The van der Waals surface area contributed by atoms with Crippen LogP contribution in [0.5, 0.6) is 0 Å². The number of primary amides is 2. The van der Waals surface area contributed by atoms with Crippen molar-refractivity contribution in [3.8, 4) is 0 Å². The van der Waals surface area contributed by atoms with Gasteiger partial charge in [-0.05, 0) is 6.42 Å². The van der Waals surface area contributed by atoms with Gasteiger partial charge in [0.05, 0.1) is 12.5 Å². The molecule has 8 N–H and O–H groups in total. The zero-order valence-electron chi connectivity index (χ0n) is 12.0. The Kier molecular flexibility index (Phi) is 9.11. The standard InChI is InChI=1S/C12H21N5O5/c13-4-3-11(21)17-8(5-10(15)20)12(22)16-7(6-18)1-2-9(14)19/h6-8H,1-5,13H2,(H2,14,19)(H2,15,20)(H,16,22)(H,17,21)/t7-,8?/m0/s1. The number of amides is 4. The van der Waals surface area contributed by atoms with Crippen LogP contribution in [0.2, 0.25) is 0 Å². The van der Waals surface area contributed by atoms with Crippen molar-refractivity contribution in [1.82, 2.24) is 10.6 Å². The molecule has 124 valence electrons. The van der Waals surface area contributed by atoms with Gasteiger partial charge in [0, 0.05) is 19.4 Å². The fraction of sp³-hybridized carbons (Fsp3) is 0.583. The van der Waals surface area contributed by atoms with Crippen LogP contribution in [0.25, 0.3) is 0 Å². The lowest BCUT2D eigenvalue weighted by Gasteiger charge is -2.19. The zero-order chi connectivity index (χ0) is 17.1. The maximum Gasteiger partial charge on any atom is 0.243 e. The summed E-state index contributed by atoms with van der Waals surface area (Å²) in [6.45, 7) is 0.0757. The molecule has 0 fully saturated rings. The Morgan fingerprint density at radius 2 is 1.64 bits per heavy atom. The molecule has 0 aromatic heterocycles. The van der Waals surface area contributed by atoms with E-state index in [1.165, 1.54) is 0 Å². The Bertz CT molecular complexity index is 440. The summed E-state index contributed by atoms with van der Waals surface area (Å²) >= 11 is 0. The van der Waals surface area contributed by atoms with Crippen molar-refractivity contribution in [1.29, 1.82) is 0 Å². The van der Waals surface area contributed by atoms with Crippen LogP contribution in [-0.4, -0.2) is 48.5 Å². The Morgan fingerprint density at radius 3 is 2.09 bits per heavy atom. The molecule has 0 rings (SSSR count). The first-order valence-electron chi connectivity index (χ1n) is 6.61. The summed E-state index contributed by atoms with van der Waals surface area (Å²) < 4.78 is 0. The highest BCUT2D eigenvalue weighted by molar-refractivity contribution is 5.92. The molecule has 0 saturated carbocycles. The van der Waals surface area contributed by atoms with Crippen molar-refractivity contribution < 1.29 is 24.0 Å². The van der Waals surface area contributed by atoms with Crippen LogP contribution in [0.3, 0.4) is 0 Å². The summed E-state index contributed by atoms with van der Waals surface area (Å²) in [7, 11) is 0. The van der Waals surface area contributed by atoms with Crippen molar-refractivity contribution >= 4 is 29.9 Å². The molecule has 10 heteroatoms. The average molecular weight is 315 g/mol. The fourth-order valence-corrected chi connectivity index (χ4v) is 1.56. The largest absolute Gasteiger partial charge is 0.370 e. The Balaban J connectivity index is 4.71. The normalized spacial score (nSPS) is 12.8. The highest BCUT2D eigenvalue weighted by atomic mass is 16.2. The minimum atomic E-state index is -1.22. The van der Waals surface area contributed by atoms with Crippen LogP contribution in [0, 0.1) is 0 Å². The molecular formula is C12H21N5O5. The van der Waals surface area contributed by atoms with E-state index in [0.29, 0.717) is 6.29 Å². The molecule has 0 aliphatic carbocycles. The third kappa shape index (κ3) is 8.64. The molecule has 0 radical (unpaired) electrons. The molecule has 0 heterocycles. The van der Waals surface area contributed by atoms with Gasteiger partial charge in [-0.2, -0.15) is 0 Å². The molecule has 10 nitrogen and oxygen atoms in total. The topological polar surface area (TPSA) is 187 Å². The van der Waals surface area contributed by atoms with Crippen LogP contribution in [-0.2, 0) is 24.0 Å². The van der Waals surface area contributed by atoms with Crippen LogP contribution < -0.4 is 27.8 Å². The maximum absolute atomic E-state index is 12.0. The number of hydrogen-bond acceptors (Lipinski definition) is 6. The zero-order valence-corrected chi connectivity index (χ0v) is 12.0. The van der Waals surface area contributed by atoms with E-state index >= 15 is 0 Å². The lowest BCUT2D eigenvalue weighted by Crippen LogP contribution is -2.51. The molecule has 0 spiro atoms. The van der Waals surface area contributed by atoms with Gasteiger partial charge in [0.25, 0.3) is 0 Å². The van der Waals surface area contributed by atoms with E-state index in [1.807, 2.05) is 0 Å². The molecule has 2 atom stereocenters. The van der Waals surface area contributed by atoms with Gasteiger partial charge in [0.15, 0.2) is 0 Å². The van der Waals surface area contributed by atoms with E-state index < -0.39 is 42.1 Å². The van der Waals surface area contributed by atoms with Gasteiger partial charge < -0.3 is 32.6 Å². The summed E-state index contributed by atoms with van der Waals surface area (Å²) in [6, 6.07) is -2.17. The van der Waals surface area contributed by atoms with Gasteiger partial charge in [-0.3, -0.25) is 19.2 Å². The third-order valence-corrected chi connectivity index (χ3v) is 2.62. The van der Waals surface area contributed by atoms with E-state index in [1.54, 1.807) is 0 Å². The van der Waals surface area contributed by atoms with E-state index in [4.69, 9.17) is 17.2 Å². The first kappa shape index (κ1) is 19.5. The van der Waals surface area contributed by atoms with Gasteiger partial charge in [0.1, 0.15) is 12.3 Å². The van der Waals surface area contributed by atoms with Gasteiger partial charge in [-0.25, -0.2) is 0 Å². The second kappa shape index (κ2) is 10.3. The first-order valence-corrected chi connectivity index (χ1v) is 6.61. The van der Waals surface area contributed by atoms with Crippen molar-refractivity contribution in [2.24, 2.45) is 17.2 Å². The predicted octanol–water partition coefficient (Wildman–Crippen LogP) is -3.36. The van der Waals surface area contributed by atoms with E-state index in [2.05, 4.69) is 10.6 Å². The van der Waals surface area contributed by atoms with Crippen molar-refractivity contribution in [3.05, 3.63) is 0 Å².